The molecule has 1 fully saturated rings. The lowest BCUT2D eigenvalue weighted by molar-refractivity contribution is 0.469. The molecule has 2 aromatic carbocycles. The van der Waals surface area contributed by atoms with Crippen molar-refractivity contribution in [1.29, 1.82) is 0 Å². The molecule has 1 saturated carbocycles. The van der Waals surface area contributed by atoms with Crippen molar-refractivity contribution in [3.63, 3.8) is 0 Å². The second kappa shape index (κ2) is 5.86. The first-order chi connectivity index (χ1) is 10.1. The van der Waals surface area contributed by atoms with Gasteiger partial charge in [0.25, 0.3) is 0 Å². The molecule has 1 aliphatic carbocycles. The van der Waals surface area contributed by atoms with E-state index in [1.807, 2.05) is 26.0 Å². The quantitative estimate of drug-likeness (QED) is 0.874. The molecular weight excluding hydrogens is 265 g/mol. The van der Waals surface area contributed by atoms with Crippen LogP contribution in [0.1, 0.15) is 29.5 Å². The molecule has 0 aromatic heterocycles. The van der Waals surface area contributed by atoms with Crippen LogP contribution in [0.2, 0.25) is 0 Å². The van der Waals surface area contributed by atoms with E-state index in [0.29, 0.717) is 12.6 Å². The third kappa shape index (κ3) is 3.82. The van der Waals surface area contributed by atoms with Gasteiger partial charge in [0.1, 0.15) is 17.3 Å². The predicted molar refractivity (Wildman–Crippen MR) is 82.3 cm³/mol. The fourth-order valence-corrected chi connectivity index (χ4v) is 2.45. The third-order valence-electron chi connectivity index (χ3n) is 3.60. The van der Waals surface area contributed by atoms with Gasteiger partial charge in [-0.25, -0.2) is 4.39 Å². The molecule has 21 heavy (non-hydrogen) atoms. The Kier molecular flexibility index (Phi) is 3.93. The van der Waals surface area contributed by atoms with Crippen molar-refractivity contribution in [2.24, 2.45) is 0 Å². The Hall–Kier alpha value is -1.87. The van der Waals surface area contributed by atoms with E-state index < -0.39 is 0 Å². The van der Waals surface area contributed by atoms with Crippen LogP contribution in [0.3, 0.4) is 0 Å². The Morgan fingerprint density at radius 1 is 1.10 bits per heavy atom. The van der Waals surface area contributed by atoms with Crippen molar-refractivity contribution in [3.05, 3.63) is 58.9 Å². The molecule has 0 heterocycles. The molecular formula is C18H20FNO. The molecule has 0 aliphatic heterocycles. The van der Waals surface area contributed by atoms with E-state index in [1.165, 1.54) is 18.9 Å². The van der Waals surface area contributed by atoms with Crippen molar-refractivity contribution in [2.75, 3.05) is 0 Å². The molecule has 3 heteroatoms. The summed E-state index contributed by atoms with van der Waals surface area (Å²) in [5, 5.41) is 3.40. The number of rotatable bonds is 5. The van der Waals surface area contributed by atoms with Crippen LogP contribution in [0.25, 0.3) is 0 Å². The largest absolute Gasteiger partial charge is 0.457 e. The summed E-state index contributed by atoms with van der Waals surface area (Å²) in [4.78, 5) is 0. The highest BCUT2D eigenvalue weighted by atomic mass is 19.1. The number of hydrogen-bond acceptors (Lipinski definition) is 2. The Morgan fingerprint density at radius 2 is 1.81 bits per heavy atom. The minimum Gasteiger partial charge on any atom is -0.457 e. The fraction of sp³-hybridized carbons (Fsp3) is 0.333. The minimum absolute atomic E-state index is 0.227. The first kappa shape index (κ1) is 14.1. The number of hydrogen-bond donors (Lipinski definition) is 1. The summed E-state index contributed by atoms with van der Waals surface area (Å²) in [5.41, 5.74) is 3.18. The summed E-state index contributed by atoms with van der Waals surface area (Å²) in [6.07, 6.45) is 2.42. The highest BCUT2D eigenvalue weighted by Gasteiger charge is 2.20. The Labute approximate surface area is 125 Å². The maximum Gasteiger partial charge on any atom is 0.132 e. The zero-order chi connectivity index (χ0) is 14.8. The number of ether oxygens (including phenoxy) is 1. The average Bonchev–Trinajstić information content (AvgIpc) is 3.22. The Bertz CT molecular complexity index is 629. The number of halogens is 1. The van der Waals surface area contributed by atoms with Gasteiger partial charge in [-0.1, -0.05) is 6.07 Å². The molecule has 0 unspecified atom stereocenters. The van der Waals surface area contributed by atoms with Gasteiger partial charge in [0.15, 0.2) is 0 Å². The van der Waals surface area contributed by atoms with E-state index in [0.717, 1.165) is 28.2 Å². The van der Waals surface area contributed by atoms with Crippen LogP contribution < -0.4 is 10.1 Å². The molecule has 1 N–H and O–H groups in total. The zero-order valence-corrected chi connectivity index (χ0v) is 12.4. The monoisotopic (exact) mass is 285 g/mol. The molecule has 0 radical (unpaired) electrons. The lowest BCUT2D eigenvalue weighted by atomic mass is 10.1. The fourth-order valence-electron chi connectivity index (χ4n) is 2.45. The number of nitrogens with one attached hydrogen (secondary N) is 1. The number of aryl methyl sites for hydroxylation is 2. The first-order valence-corrected chi connectivity index (χ1v) is 7.38. The van der Waals surface area contributed by atoms with E-state index in [1.54, 1.807) is 12.1 Å². The van der Waals surface area contributed by atoms with E-state index in [-0.39, 0.29) is 5.82 Å². The van der Waals surface area contributed by atoms with Gasteiger partial charge in [-0.2, -0.15) is 0 Å². The average molecular weight is 285 g/mol. The van der Waals surface area contributed by atoms with Crippen LogP contribution >= 0.6 is 0 Å². The van der Waals surface area contributed by atoms with Gasteiger partial charge >= 0.3 is 0 Å². The van der Waals surface area contributed by atoms with Gasteiger partial charge in [0.2, 0.25) is 0 Å². The molecule has 0 atom stereocenters. The van der Waals surface area contributed by atoms with Crippen molar-refractivity contribution in [3.8, 4) is 11.5 Å². The normalized spacial score (nSPS) is 14.2. The molecule has 0 bridgehead atoms. The van der Waals surface area contributed by atoms with Crippen LogP contribution in [0.5, 0.6) is 11.5 Å². The SMILES string of the molecule is Cc1cc(C)cc(Oc2ccc(F)cc2CNC2CC2)c1. The van der Waals surface area contributed by atoms with Gasteiger partial charge in [-0.05, 0) is 68.1 Å². The smallest absolute Gasteiger partial charge is 0.132 e. The van der Waals surface area contributed by atoms with Gasteiger partial charge in [-0.3, -0.25) is 0 Å². The lowest BCUT2D eigenvalue weighted by Crippen LogP contribution is -2.15. The van der Waals surface area contributed by atoms with Crippen molar-refractivity contribution in [2.45, 2.75) is 39.3 Å². The van der Waals surface area contributed by atoms with Gasteiger partial charge < -0.3 is 10.1 Å². The molecule has 0 saturated heterocycles. The van der Waals surface area contributed by atoms with Crippen LogP contribution in [-0.4, -0.2) is 6.04 Å². The third-order valence-corrected chi connectivity index (χ3v) is 3.60. The summed E-state index contributed by atoms with van der Waals surface area (Å²) in [5.74, 6) is 1.29. The Balaban J connectivity index is 1.82. The zero-order valence-electron chi connectivity index (χ0n) is 12.4. The van der Waals surface area contributed by atoms with E-state index in [2.05, 4.69) is 11.4 Å². The van der Waals surface area contributed by atoms with Crippen LogP contribution in [0.15, 0.2) is 36.4 Å². The predicted octanol–water partition coefficient (Wildman–Crippen LogP) is 4.49. The molecule has 1 aliphatic rings. The molecule has 110 valence electrons. The summed E-state index contributed by atoms with van der Waals surface area (Å²) >= 11 is 0. The van der Waals surface area contributed by atoms with Crippen LogP contribution in [-0.2, 0) is 6.54 Å². The Morgan fingerprint density at radius 3 is 2.48 bits per heavy atom. The van der Waals surface area contributed by atoms with Crippen molar-refractivity contribution in [1.82, 2.24) is 5.32 Å². The molecule has 2 nitrogen and oxygen atoms in total. The second-order valence-electron chi connectivity index (χ2n) is 5.83. The van der Waals surface area contributed by atoms with Gasteiger partial charge in [0.05, 0.1) is 0 Å². The molecule has 3 rings (SSSR count). The first-order valence-electron chi connectivity index (χ1n) is 7.38. The molecule has 0 amide bonds. The minimum atomic E-state index is -0.227. The van der Waals surface area contributed by atoms with Crippen molar-refractivity contribution < 1.29 is 9.13 Å². The van der Waals surface area contributed by atoms with E-state index >= 15 is 0 Å². The summed E-state index contributed by atoms with van der Waals surface area (Å²) in [6, 6.07) is 11.4. The lowest BCUT2D eigenvalue weighted by Gasteiger charge is -2.13. The maximum atomic E-state index is 13.5. The van der Waals surface area contributed by atoms with Gasteiger partial charge in [0, 0.05) is 18.2 Å². The van der Waals surface area contributed by atoms with Crippen LogP contribution in [0.4, 0.5) is 4.39 Å². The second-order valence-corrected chi connectivity index (χ2v) is 5.83. The summed E-state index contributed by atoms with van der Waals surface area (Å²) < 4.78 is 19.4. The standard InChI is InChI=1S/C18H20FNO/c1-12-7-13(2)9-17(8-12)21-18-6-3-15(19)10-14(18)11-20-16-4-5-16/h3,6-10,16,20H,4-5,11H2,1-2H3. The van der Waals surface area contributed by atoms with Crippen LogP contribution in [0, 0.1) is 19.7 Å². The highest BCUT2D eigenvalue weighted by molar-refractivity contribution is 5.40. The highest BCUT2D eigenvalue weighted by Crippen LogP contribution is 2.28. The molecule has 0 spiro atoms. The van der Waals surface area contributed by atoms with Crippen molar-refractivity contribution >= 4 is 0 Å². The van der Waals surface area contributed by atoms with E-state index in [9.17, 15) is 4.39 Å². The number of benzene rings is 2. The maximum absolute atomic E-state index is 13.5. The topological polar surface area (TPSA) is 21.3 Å². The summed E-state index contributed by atoms with van der Waals surface area (Å²) in [7, 11) is 0. The van der Waals surface area contributed by atoms with Gasteiger partial charge in [-0.15, -0.1) is 0 Å². The van der Waals surface area contributed by atoms with E-state index in [4.69, 9.17) is 4.74 Å². The molecule has 2 aromatic rings. The summed E-state index contributed by atoms with van der Waals surface area (Å²) in [6.45, 7) is 4.72.